The molecule has 2 aromatic carbocycles. The minimum Gasteiger partial charge on any atom is -0.494 e. The fourth-order valence-corrected chi connectivity index (χ4v) is 3.90. The number of rotatable bonds is 8. The van der Waals surface area contributed by atoms with E-state index in [9.17, 15) is 4.79 Å². The Labute approximate surface area is 171 Å². The maximum absolute atomic E-state index is 13.0. The van der Waals surface area contributed by atoms with Crippen LogP contribution in [0.25, 0.3) is 0 Å². The fraction of sp³-hybridized carbons (Fsp3) is 0.435. The molecule has 6 nitrogen and oxygen atoms in total. The van der Waals surface area contributed by atoms with Crippen LogP contribution in [0.5, 0.6) is 23.0 Å². The van der Waals surface area contributed by atoms with E-state index < -0.39 is 0 Å². The first-order chi connectivity index (χ1) is 14.2. The van der Waals surface area contributed by atoms with Crippen molar-refractivity contribution in [2.75, 3.05) is 20.0 Å². The molecule has 1 aliphatic heterocycles. The van der Waals surface area contributed by atoms with Crippen molar-refractivity contribution in [1.82, 2.24) is 4.90 Å². The van der Waals surface area contributed by atoms with Gasteiger partial charge in [-0.15, -0.1) is 0 Å². The quantitative estimate of drug-likeness (QED) is 0.669. The molecule has 1 saturated carbocycles. The Morgan fingerprint density at radius 2 is 1.69 bits per heavy atom. The Bertz CT molecular complexity index is 830. The monoisotopic (exact) mass is 397 g/mol. The van der Waals surface area contributed by atoms with Crippen molar-refractivity contribution in [3.8, 4) is 23.0 Å². The molecule has 2 aromatic rings. The van der Waals surface area contributed by atoms with Gasteiger partial charge in [0.1, 0.15) is 11.5 Å². The molecule has 0 spiro atoms. The molecule has 0 atom stereocenters. The Morgan fingerprint density at radius 3 is 2.41 bits per heavy atom. The first-order valence-electron chi connectivity index (χ1n) is 10.3. The summed E-state index contributed by atoms with van der Waals surface area (Å²) in [4.78, 5) is 15.0. The number of carbonyl (C=O) groups is 1. The average Bonchev–Trinajstić information content (AvgIpc) is 3.43. The predicted octanol–water partition coefficient (Wildman–Crippen LogP) is 4.16. The summed E-state index contributed by atoms with van der Waals surface area (Å²) in [6, 6.07) is 13.5. The lowest BCUT2D eigenvalue weighted by molar-refractivity contribution is -0.136. The summed E-state index contributed by atoms with van der Waals surface area (Å²) in [5.74, 6) is 2.96. The number of amides is 1. The molecule has 1 fully saturated rings. The van der Waals surface area contributed by atoms with Crippen molar-refractivity contribution >= 4 is 5.91 Å². The molecule has 0 N–H and O–H groups in total. The van der Waals surface area contributed by atoms with Crippen molar-refractivity contribution in [3.63, 3.8) is 0 Å². The Morgan fingerprint density at radius 1 is 1.00 bits per heavy atom. The first-order valence-corrected chi connectivity index (χ1v) is 10.3. The van der Waals surface area contributed by atoms with Crippen molar-refractivity contribution in [3.05, 3.63) is 48.0 Å². The van der Waals surface area contributed by atoms with Gasteiger partial charge >= 0.3 is 0 Å². The highest BCUT2D eigenvalue weighted by Gasteiger charge is 2.27. The highest BCUT2D eigenvalue weighted by molar-refractivity contribution is 5.78. The second kappa shape index (κ2) is 9.07. The smallest absolute Gasteiger partial charge is 0.261 e. The van der Waals surface area contributed by atoms with Gasteiger partial charge in [0.25, 0.3) is 5.91 Å². The van der Waals surface area contributed by atoms with Crippen LogP contribution < -0.4 is 18.9 Å². The largest absolute Gasteiger partial charge is 0.494 e. The number of benzene rings is 2. The lowest BCUT2D eigenvalue weighted by Crippen LogP contribution is -2.41. The van der Waals surface area contributed by atoms with Crippen LogP contribution in [0.2, 0.25) is 0 Å². The average molecular weight is 397 g/mol. The molecule has 154 valence electrons. The Hall–Kier alpha value is -2.89. The second-order valence-electron chi connectivity index (χ2n) is 7.34. The fourth-order valence-electron chi connectivity index (χ4n) is 3.90. The topological polar surface area (TPSA) is 57.2 Å². The van der Waals surface area contributed by atoms with Crippen LogP contribution in [-0.2, 0) is 11.3 Å². The molecule has 1 amide bonds. The van der Waals surface area contributed by atoms with E-state index in [-0.39, 0.29) is 25.3 Å². The van der Waals surface area contributed by atoms with Crippen LogP contribution in [0.15, 0.2) is 42.5 Å². The summed E-state index contributed by atoms with van der Waals surface area (Å²) in [5, 5.41) is 0. The van der Waals surface area contributed by atoms with Crippen molar-refractivity contribution < 1.29 is 23.7 Å². The zero-order valence-electron chi connectivity index (χ0n) is 16.8. The molecule has 0 saturated heterocycles. The summed E-state index contributed by atoms with van der Waals surface area (Å²) in [6.45, 7) is 3.39. The molecular formula is C23H27NO5. The van der Waals surface area contributed by atoms with Gasteiger partial charge in [0.15, 0.2) is 18.1 Å². The van der Waals surface area contributed by atoms with Gasteiger partial charge < -0.3 is 23.8 Å². The van der Waals surface area contributed by atoms with Crippen LogP contribution in [-0.4, -0.2) is 36.9 Å². The van der Waals surface area contributed by atoms with Gasteiger partial charge in [-0.1, -0.05) is 18.9 Å². The van der Waals surface area contributed by atoms with E-state index in [4.69, 9.17) is 18.9 Å². The van der Waals surface area contributed by atoms with Gasteiger partial charge in [-0.3, -0.25) is 4.79 Å². The van der Waals surface area contributed by atoms with Gasteiger partial charge in [-0.2, -0.15) is 0 Å². The SMILES string of the molecule is CCOc1ccc(OCC(=O)N(Cc2ccc3c(c2)OCO3)C2CCCC2)cc1. The number of hydrogen-bond acceptors (Lipinski definition) is 5. The van der Waals surface area contributed by atoms with E-state index in [2.05, 4.69) is 0 Å². The normalized spacial score (nSPS) is 15.3. The van der Waals surface area contributed by atoms with Crippen molar-refractivity contribution in [2.45, 2.75) is 45.2 Å². The Kier molecular flexibility index (Phi) is 6.08. The number of carbonyl (C=O) groups excluding carboxylic acids is 1. The van der Waals surface area contributed by atoms with E-state index in [0.29, 0.717) is 18.9 Å². The third-order valence-electron chi connectivity index (χ3n) is 5.37. The van der Waals surface area contributed by atoms with Gasteiger partial charge in [0, 0.05) is 12.6 Å². The highest BCUT2D eigenvalue weighted by atomic mass is 16.7. The van der Waals surface area contributed by atoms with Crippen LogP contribution in [0.4, 0.5) is 0 Å². The third kappa shape index (κ3) is 4.75. The van der Waals surface area contributed by atoms with E-state index in [1.807, 2.05) is 54.3 Å². The lowest BCUT2D eigenvalue weighted by Gasteiger charge is -2.29. The highest BCUT2D eigenvalue weighted by Crippen LogP contribution is 2.33. The second-order valence-corrected chi connectivity index (χ2v) is 7.34. The van der Waals surface area contributed by atoms with Crippen molar-refractivity contribution in [2.24, 2.45) is 0 Å². The number of nitrogens with zero attached hydrogens (tertiary/aromatic N) is 1. The predicted molar refractivity (Wildman–Crippen MR) is 108 cm³/mol. The summed E-state index contributed by atoms with van der Waals surface area (Å²) in [6.07, 6.45) is 4.41. The molecule has 2 aliphatic rings. The first kappa shape index (κ1) is 19.4. The molecule has 29 heavy (non-hydrogen) atoms. The van der Waals surface area contributed by atoms with Crippen molar-refractivity contribution in [1.29, 1.82) is 0 Å². The molecule has 0 radical (unpaired) electrons. The Balaban J connectivity index is 1.41. The standard InChI is InChI=1S/C23H27NO5/c1-2-26-19-8-10-20(11-9-19)27-15-23(25)24(18-5-3-4-6-18)14-17-7-12-21-22(13-17)29-16-28-21/h7-13,18H,2-6,14-16H2,1H3. The lowest BCUT2D eigenvalue weighted by atomic mass is 10.1. The molecule has 0 aromatic heterocycles. The van der Waals surface area contributed by atoms with E-state index >= 15 is 0 Å². The van der Waals surface area contributed by atoms with Gasteiger partial charge in [-0.05, 0) is 61.7 Å². The number of hydrogen-bond donors (Lipinski definition) is 0. The zero-order valence-corrected chi connectivity index (χ0v) is 16.8. The minimum absolute atomic E-state index is 0.00320. The molecule has 1 heterocycles. The summed E-state index contributed by atoms with van der Waals surface area (Å²) in [7, 11) is 0. The van der Waals surface area contributed by atoms with Crippen LogP contribution in [0, 0.1) is 0 Å². The maximum atomic E-state index is 13.0. The van der Waals surface area contributed by atoms with E-state index in [0.717, 1.165) is 48.5 Å². The molecule has 0 bridgehead atoms. The van der Waals surface area contributed by atoms with Crippen LogP contribution >= 0.6 is 0 Å². The van der Waals surface area contributed by atoms with Crippen LogP contribution in [0.1, 0.15) is 38.2 Å². The van der Waals surface area contributed by atoms with E-state index in [1.54, 1.807) is 0 Å². The summed E-state index contributed by atoms with van der Waals surface area (Å²) in [5.41, 5.74) is 1.04. The van der Waals surface area contributed by atoms with Crippen LogP contribution in [0.3, 0.4) is 0 Å². The summed E-state index contributed by atoms with van der Waals surface area (Å²) >= 11 is 0. The minimum atomic E-state index is 0.00320. The molecule has 6 heteroatoms. The number of fused-ring (bicyclic) bond motifs is 1. The number of ether oxygens (including phenoxy) is 4. The molecule has 0 unspecified atom stereocenters. The van der Waals surface area contributed by atoms with E-state index in [1.165, 1.54) is 0 Å². The summed E-state index contributed by atoms with van der Waals surface area (Å²) < 4.78 is 22.1. The maximum Gasteiger partial charge on any atom is 0.261 e. The zero-order chi connectivity index (χ0) is 20.1. The molecule has 4 rings (SSSR count). The molecule has 1 aliphatic carbocycles. The van der Waals surface area contributed by atoms with Gasteiger partial charge in [-0.25, -0.2) is 0 Å². The van der Waals surface area contributed by atoms with Gasteiger partial charge in [0.2, 0.25) is 6.79 Å². The molecular weight excluding hydrogens is 370 g/mol. The van der Waals surface area contributed by atoms with Gasteiger partial charge in [0.05, 0.1) is 6.61 Å². The third-order valence-corrected chi connectivity index (χ3v) is 5.37.